The quantitative estimate of drug-likeness (QED) is 0.825. The van der Waals surface area contributed by atoms with Crippen LogP contribution < -0.4 is 5.73 Å². The third-order valence-electron chi connectivity index (χ3n) is 5.35. The van der Waals surface area contributed by atoms with Gasteiger partial charge in [0.2, 0.25) is 0 Å². The van der Waals surface area contributed by atoms with Crippen LogP contribution in [0.3, 0.4) is 0 Å². The summed E-state index contributed by atoms with van der Waals surface area (Å²) in [6.45, 7) is 5.64. The van der Waals surface area contributed by atoms with E-state index in [2.05, 4.69) is 16.8 Å². The summed E-state index contributed by atoms with van der Waals surface area (Å²) >= 11 is 0. The Balaban J connectivity index is 1.48. The molecule has 0 bridgehead atoms. The minimum Gasteiger partial charge on any atom is -0.372 e. The molecule has 0 spiro atoms. The molecule has 4 heteroatoms. The van der Waals surface area contributed by atoms with Gasteiger partial charge in [0.15, 0.2) is 0 Å². The lowest BCUT2D eigenvalue weighted by atomic mass is 9.84. The molecule has 110 valence electrons. The van der Waals surface area contributed by atoms with Crippen molar-refractivity contribution < 1.29 is 4.74 Å². The van der Waals surface area contributed by atoms with E-state index < -0.39 is 0 Å². The van der Waals surface area contributed by atoms with E-state index in [1.54, 1.807) is 0 Å². The summed E-state index contributed by atoms with van der Waals surface area (Å²) in [5.74, 6) is 0.888. The van der Waals surface area contributed by atoms with E-state index in [0.29, 0.717) is 18.8 Å². The summed E-state index contributed by atoms with van der Waals surface area (Å²) in [7, 11) is 2.30. The molecular weight excluding hydrogens is 238 g/mol. The van der Waals surface area contributed by atoms with Crippen LogP contribution in [0.4, 0.5) is 0 Å². The zero-order valence-electron chi connectivity index (χ0n) is 12.3. The van der Waals surface area contributed by atoms with Crippen molar-refractivity contribution in [3.05, 3.63) is 0 Å². The maximum absolute atomic E-state index is 5.99. The Morgan fingerprint density at radius 1 is 1.11 bits per heavy atom. The van der Waals surface area contributed by atoms with Gasteiger partial charge in [-0.2, -0.15) is 0 Å². The van der Waals surface area contributed by atoms with E-state index in [0.717, 1.165) is 24.9 Å². The molecule has 0 aromatic heterocycles. The maximum atomic E-state index is 5.99. The molecule has 0 aromatic carbocycles. The number of nitrogens with two attached hydrogens (primary N) is 1. The van der Waals surface area contributed by atoms with E-state index in [4.69, 9.17) is 10.5 Å². The van der Waals surface area contributed by atoms with Gasteiger partial charge in [-0.1, -0.05) is 0 Å². The second kappa shape index (κ2) is 6.08. The van der Waals surface area contributed by atoms with Gasteiger partial charge in [-0.15, -0.1) is 0 Å². The van der Waals surface area contributed by atoms with E-state index in [9.17, 15) is 0 Å². The molecule has 3 rings (SSSR count). The highest BCUT2D eigenvalue weighted by atomic mass is 16.5. The van der Waals surface area contributed by atoms with Gasteiger partial charge in [0, 0.05) is 25.7 Å². The van der Waals surface area contributed by atoms with Crippen LogP contribution >= 0.6 is 0 Å². The normalized spacial score (nSPS) is 41.4. The number of fused-ring (bicyclic) bond motifs is 1. The second-order valence-electron chi connectivity index (χ2n) is 6.69. The summed E-state index contributed by atoms with van der Waals surface area (Å²) in [6, 6.07) is 0.839. The minimum atomic E-state index is 0.323. The first-order chi connectivity index (χ1) is 9.26. The Labute approximate surface area is 117 Å². The highest BCUT2D eigenvalue weighted by Crippen LogP contribution is 2.30. The predicted molar refractivity (Wildman–Crippen MR) is 77.1 cm³/mol. The molecular formula is C15H29N3O. The summed E-state index contributed by atoms with van der Waals surface area (Å²) < 4.78 is 5.99. The highest BCUT2D eigenvalue weighted by molar-refractivity contribution is 4.90. The maximum Gasteiger partial charge on any atom is 0.0707 e. The van der Waals surface area contributed by atoms with Crippen molar-refractivity contribution >= 4 is 0 Å². The van der Waals surface area contributed by atoms with Gasteiger partial charge in [0.05, 0.1) is 12.2 Å². The van der Waals surface area contributed by atoms with E-state index in [1.807, 2.05) is 0 Å². The fraction of sp³-hybridized carbons (Fsp3) is 1.00. The molecule has 3 aliphatic rings. The lowest BCUT2D eigenvalue weighted by Gasteiger charge is -2.46. The third-order valence-corrected chi connectivity index (χ3v) is 5.35. The van der Waals surface area contributed by atoms with E-state index in [-0.39, 0.29) is 0 Å². The molecule has 2 N–H and O–H groups in total. The van der Waals surface area contributed by atoms with Crippen LogP contribution in [0.25, 0.3) is 0 Å². The molecule has 4 nitrogen and oxygen atoms in total. The van der Waals surface area contributed by atoms with Gasteiger partial charge in [0.25, 0.3) is 0 Å². The van der Waals surface area contributed by atoms with Crippen LogP contribution in [0.5, 0.6) is 0 Å². The summed E-state index contributed by atoms with van der Waals surface area (Å²) in [5, 5.41) is 0. The fourth-order valence-electron chi connectivity index (χ4n) is 4.27. The Morgan fingerprint density at radius 3 is 2.74 bits per heavy atom. The minimum absolute atomic E-state index is 0.323. The van der Waals surface area contributed by atoms with Crippen LogP contribution in [0.1, 0.15) is 32.1 Å². The molecule has 3 fully saturated rings. The molecule has 3 aliphatic heterocycles. The number of nitrogens with zero attached hydrogens (tertiary/aromatic N) is 2. The first-order valence-electron chi connectivity index (χ1n) is 8.04. The summed E-state index contributed by atoms with van der Waals surface area (Å²) in [5.41, 5.74) is 5.69. The van der Waals surface area contributed by atoms with Crippen molar-refractivity contribution in [1.82, 2.24) is 9.80 Å². The predicted octanol–water partition coefficient (Wildman–Crippen LogP) is 0.909. The topological polar surface area (TPSA) is 41.7 Å². The average molecular weight is 267 g/mol. The number of hydrogen-bond acceptors (Lipinski definition) is 4. The van der Waals surface area contributed by atoms with Crippen molar-refractivity contribution in [3.63, 3.8) is 0 Å². The highest BCUT2D eigenvalue weighted by Gasteiger charge is 2.35. The van der Waals surface area contributed by atoms with Crippen LogP contribution in [0, 0.1) is 5.92 Å². The first-order valence-corrected chi connectivity index (χ1v) is 8.04. The lowest BCUT2D eigenvalue weighted by molar-refractivity contribution is -0.00615. The number of ether oxygens (including phenoxy) is 1. The van der Waals surface area contributed by atoms with Gasteiger partial charge >= 0.3 is 0 Å². The Morgan fingerprint density at radius 2 is 1.95 bits per heavy atom. The number of piperidine rings is 2. The molecule has 4 atom stereocenters. The van der Waals surface area contributed by atoms with Crippen LogP contribution in [-0.4, -0.2) is 67.8 Å². The smallest absolute Gasteiger partial charge is 0.0707 e. The van der Waals surface area contributed by atoms with Gasteiger partial charge < -0.3 is 20.3 Å². The first kappa shape index (κ1) is 13.8. The third kappa shape index (κ3) is 3.13. The standard InChI is InChI=1S/C15H29N3O/c1-17-7-2-3-12-10-18(8-6-15(12)17)11-14-5-4-13(9-16)19-14/h12-15H,2-11,16H2,1H3. The SMILES string of the molecule is CN1CCCC2CN(CC3CCC(CN)O3)CCC21. The van der Waals surface area contributed by atoms with Gasteiger partial charge in [-0.25, -0.2) is 0 Å². The molecule has 3 heterocycles. The Kier molecular flexibility index (Phi) is 4.42. The molecule has 19 heavy (non-hydrogen) atoms. The lowest BCUT2D eigenvalue weighted by Crippen LogP contribution is -2.53. The number of likely N-dealkylation sites (tertiary alicyclic amines) is 2. The Hall–Kier alpha value is -0.160. The zero-order chi connectivity index (χ0) is 13.2. The largest absolute Gasteiger partial charge is 0.372 e. The van der Waals surface area contributed by atoms with Crippen LogP contribution in [-0.2, 0) is 4.74 Å². The van der Waals surface area contributed by atoms with Crippen molar-refractivity contribution in [1.29, 1.82) is 0 Å². The van der Waals surface area contributed by atoms with Gasteiger partial charge in [0.1, 0.15) is 0 Å². The number of rotatable bonds is 3. The van der Waals surface area contributed by atoms with Crippen molar-refractivity contribution in [3.8, 4) is 0 Å². The van der Waals surface area contributed by atoms with Crippen molar-refractivity contribution in [2.75, 3.05) is 39.8 Å². The van der Waals surface area contributed by atoms with Gasteiger partial charge in [-0.3, -0.25) is 0 Å². The zero-order valence-corrected chi connectivity index (χ0v) is 12.3. The summed E-state index contributed by atoms with van der Waals surface area (Å²) in [6.07, 6.45) is 7.25. The monoisotopic (exact) mass is 267 g/mol. The molecule has 0 saturated carbocycles. The molecule has 3 saturated heterocycles. The average Bonchev–Trinajstić information content (AvgIpc) is 2.86. The van der Waals surface area contributed by atoms with Crippen molar-refractivity contribution in [2.45, 2.75) is 50.4 Å². The molecule has 4 unspecified atom stereocenters. The second-order valence-corrected chi connectivity index (χ2v) is 6.69. The van der Waals surface area contributed by atoms with Crippen LogP contribution in [0.2, 0.25) is 0 Å². The molecule has 0 aromatic rings. The Bertz CT molecular complexity index is 299. The number of hydrogen-bond donors (Lipinski definition) is 1. The summed E-state index contributed by atoms with van der Waals surface area (Å²) in [4.78, 5) is 5.23. The molecule has 0 aliphatic carbocycles. The molecule has 0 amide bonds. The van der Waals surface area contributed by atoms with Crippen LogP contribution in [0.15, 0.2) is 0 Å². The van der Waals surface area contributed by atoms with Crippen molar-refractivity contribution in [2.24, 2.45) is 11.7 Å². The fourth-order valence-corrected chi connectivity index (χ4v) is 4.27. The van der Waals surface area contributed by atoms with E-state index >= 15 is 0 Å². The van der Waals surface area contributed by atoms with Gasteiger partial charge in [-0.05, 0) is 58.2 Å². The molecule has 0 radical (unpaired) electrons. The van der Waals surface area contributed by atoms with E-state index in [1.165, 1.54) is 45.3 Å².